The van der Waals surface area contributed by atoms with Crippen molar-refractivity contribution in [3.8, 4) is 0 Å². The maximum absolute atomic E-state index is 12.1. The zero-order valence-corrected chi connectivity index (χ0v) is 22.3. The second-order valence-electron chi connectivity index (χ2n) is 9.36. The van der Waals surface area contributed by atoms with Crippen molar-refractivity contribution in [3.63, 3.8) is 0 Å². The van der Waals surface area contributed by atoms with E-state index in [0.29, 0.717) is 32.5 Å². The monoisotopic (exact) mass is 456 g/mol. The Hall–Kier alpha value is -0.610. The Morgan fingerprint density at radius 2 is 1.31 bits per heavy atom. The van der Waals surface area contributed by atoms with Crippen LogP contribution in [0, 0.1) is 11.8 Å². The molecule has 0 fully saturated rings. The summed E-state index contributed by atoms with van der Waals surface area (Å²) >= 11 is 0. The van der Waals surface area contributed by atoms with Crippen LogP contribution in [0.2, 0.25) is 0 Å². The number of esters is 1. The molecule has 0 N–H and O–H groups in total. The Labute approximate surface area is 200 Å². The predicted octanol–water partition coefficient (Wildman–Crippen LogP) is 8.11. The van der Waals surface area contributed by atoms with Crippen LogP contribution < -0.4 is 0 Å². The Bertz CT molecular complexity index is 399. The van der Waals surface area contributed by atoms with Gasteiger partial charge in [0.25, 0.3) is 0 Å². The lowest BCUT2D eigenvalue weighted by Gasteiger charge is -2.21. The molecule has 0 amide bonds. The summed E-state index contributed by atoms with van der Waals surface area (Å²) in [6, 6.07) is 0. The summed E-state index contributed by atoms with van der Waals surface area (Å²) in [5.74, 6) is 0.810. The van der Waals surface area contributed by atoms with Crippen molar-refractivity contribution in [2.75, 3.05) is 26.4 Å². The molecule has 0 aromatic rings. The van der Waals surface area contributed by atoms with Crippen molar-refractivity contribution >= 4 is 5.97 Å². The molecular formula is C28H56O4. The molecule has 3 unspecified atom stereocenters. The summed E-state index contributed by atoms with van der Waals surface area (Å²) in [6.45, 7) is 13.1. The van der Waals surface area contributed by atoms with Crippen molar-refractivity contribution < 1.29 is 19.0 Å². The molecule has 0 aliphatic heterocycles. The SMILES string of the molecule is CCCCCCC(CCC(CC)CCCC)OCCOCCOC(=O)C(CC)CCCC. The van der Waals surface area contributed by atoms with Crippen molar-refractivity contribution in [2.24, 2.45) is 11.8 Å². The van der Waals surface area contributed by atoms with E-state index in [9.17, 15) is 4.79 Å². The summed E-state index contributed by atoms with van der Waals surface area (Å²) in [5, 5.41) is 0. The van der Waals surface area contributed by atoms with Crippen LogP contribution in [0.4, 0.5) is 0 Å². The van der Waals surface area contributed by atoms with Crippen LogP contribution in [0.3, 0.4) is 0 Å². The fourth-order valence-corrected chi connectivity index (χ4v) is 4.21. The summed E-state index contributed by atoms with van der Waals surface area (Å²) in [6.07, 6.45) is 18.4. The van der Waals surface area contributed by atoms with E-state index in [4.69, 9.17) is 14.2 Å². The topological polar surface area (TPSA) is 44.8 Å². The molecule has 3 atom stereocenters. The molecule has 0 aliphatic rings. The summed E-state index contributed by atoms with van der Waals surface area (Å²) in [5.41, 5.74) is 0. The van der Waals surface area contributed by atoms with E-state index < -0.39 is 0 Å². The minimum Gasteiger partial charge on any atom is -0.463 e. The van der Waals surface area contributed by atoms with Gasteiger partial charge < -0.3 is 14.2 Å². The largest absolute Gasteiger partial charge is 0.463 e. The average molecular weight is 457 g/mol. The number of ether oxygens (including phenoxy) is 3. The van der Waals surface area contributed by atoms with Crippen LogP contribution >= 0.6 is 0 Å². The van der Waals surface area contributed by atoms with Gasteiger partial charge in [-0.2, -0.15) is 0 Å². The normalized spacial score (nSPS) is 14.3. The second kappa shape index (κ2) is 23.5. The van der Waals surface area contributed by atoms with E-state index in [1.807, 2.05) is 0 Å². The number of rotatable bonds is 24. The van der Waals surface area contributed by atoms with Gasteiger partial charge in [-0.05, 0) is 38.0 Å². The van der Waals surface area contributed by atoms with Gasteiger partial charge in [0.15, 0.2) is 0 Å². The van der Waals surface area contributed by atoms with Gasteiger partial charge in [-0.25, -0.2) is 0 Å². The Kier molecular flexibility index (Phi) is 23.1. The minimum absolute atomic E-state index is 0.0380. The van der Waals surface area contributed by atoms with Crippen molar-refractivity contribution in [3.05, 3.63) is 0 Å². The third-order valence-electron chi connectivity index (χ3n) is 6.61. The van der Waals surface area contributed by atoms with Crippen LogP contribution in [-0.2, 0) is 19.0 Å². The first-order valence-electron chi connectivity index (χ1n) is 14.0. The summed E-state index contributed by atoms with van der Waals surface area (Å²) in [7, 11) is 0. The molecular weight excluding hydrogens is 400 g/mol. The Morgan fingerprint density at radius 3 is 1.97 bits per heavy atom. The molecule has 0 heterocycles. The second-order valence-corrected chi connectivity index (χ2v) is 9.36. The van der Waals surface area contributed by atoms with Crippen LogP contribution in [0.1, 0.15) is 131 Å². The van der Waals surface area contributed by atoms with Gasteiger partial charge in [-0.15, -0.1) is 0 Å². The van der Waals surface area contributed by atoms with Gasteiger partial charge in [0, 0.05) is 0 Å². The highest BCUT2D eigenvalue weighted by atomic mass is 16.6. The van der Waals surface area contributed by atoms with Crippen LogP contribution in [0.15, 0.2) is 0 Å². The molecule has 4 heteroatoms. The number of hydrogen-bond donors (Lipinski definition) is 0. The third kappa shape index (κ3) is 17.9. The molecule has 0 aliphatic carbocycles. The molecule has 0 aromatic heterocycles. The summed E-state index contributed by atoms with van der Waals surface area (Å²) in [4.78, 5) is 12.1. The smallest absolute Gasteiger partial charge is 0.308 e. The third-order valence-corrected chi connectivity index (χ3v) is 6.61. The summed E-state index contributed by atoms with van der Waals surface area (Å²) < 4.78 is 17.3. The molecule has 0 aromatic carbocycles. The highest BCUT2D eigenvalue weighted by Crippen LogP contribution is 2.22. The molecule has 0 rings (SSSR count). The maximum atomic E-state index is 12.1. The van der Waals surface area contributed by atoms with Crippen LogP contribution in [0.25, 0.3) is 0 Å². The van der Waals surface area contributed by atoms with Gasteiger partial charge in [-0.1, -0.05) is 98.8 Å². The zero-order valence-electron chi connectivity index (χ0n) is 22.3. The van der Waals surface area contributed by atoms with E-state index in [1.165, 1.54) is 64.2 Å². The Morgan fingerprint density at radius 1 is 0.625 bits per heavy atom. The highest BCUT2D eigenvalue weighted by Gasteiger charge is 2.17. The van der Waals surface area contributed by atoms with Gasteiger partial charge in [0.1, 0.15) is 6.61 Å². The van der Waals surface area contributed by atoms with E-state index >= 15 is 0 Å². The fourth-order valence-electron chi connectivity index (χ4n) is 4.21. The van der Waals surface area contributed by atoms with E-state index in [2.05, 4.69) is 34.6 Å². The average Bonchev–Trinajstić information content (AvgIpc) is 2.81. The molecule has 0 bridgehead atoms. The fraction of sp³-hybridized carbons (Fsp3) is 0.964. The lowest BCUT2D eigenvalue weighted by molar-refractivity contribution is -0.150. The van der Waals surface area contributed by atoms with Crippen LogP contribution in [-0.4, -0.2) is 38.5 Å². The zero-order chi connectivity index (χ0) is 23.9. The van der Waals surface area contributed by atoms with Crippen molar-refractivity contribution in [1.29, 1.82) is 0 Å². The molecule has 4 nitrogen and oxygen atoms in total. The lowest BCUT2D eigenvalue weighted by atomic mass is 9.92. The number of carbonyl (C=O) groups excluding carboxylic acids is 1. The van der Waals surface area contributed by atoms with Crippen molar-refractivity contribution in [2.45, 2.75) is 137 Å². The van der Waals surface area contributed by atoms with E-state index in [-0.39, 0.29) is 11.9 Å². The van der Waals surface area contributed by atoms with Gasteiger partial charge in [0.2, 0.25) is 0 Å². The number of unbranched alkanes of at least 4 members (excludes halogenated alkanes) is 5. The number of carbonyl (C=O) groups is 1. The quantitative estimate of drug-likeness (QED) is 0.109. The molecule has 0 saturated heterocycles. The molecule has 0 radical (unpaired) electrons. The van der Waals surface area contributed by atoms with Gasteiger partial charge in [-0.3, -0.25) is 4.79 Å². The first kappa shape index (κ1) is 31.4. The van der Waals surface area contributed by atoms with Crippen LogP contribution in [0.5, 0.6) is 0 Å². The molecule has 32 heavy (non-hydrogen) atoms. The standard InChI is InChI=1S/C28H56O4/c1-6-11-14-15-18-27(20-19-25(9-4)16-12-7-2)31-23-21-30-22-24-32-28(29)26(10-5)17-13-8-3/h25-27H,6-24H2,1-5H3. The minimum atomic E-state index is -0.0681. The first-order valence-corrected chi connectivity index (χ1v) is 14.0. The van der Waals surface area contributed by atoms with Crippen molar-refractivity contribution in [1.82, 2.24) is 0 Å². The predicted molar refractivity (Wildman–Crippen MR) is 136 cm³/mol. The molecule has 0 spiro atoms. The number of hydrogen-bond acceptors (Lipinski definition) is 4. The lowest BCUT2D eigenvalue weighted by Crippen LogP contribution is -2.21. The first-order chi connectivity index (χ1) is 15.6. The molecule has 192 valence electrons. The highest BCUT2D eigenvalue weighted by molar-refractivity contribution is 5.72. The van der Waals surface area contributed by atoms with E-state index in [1.54, 1.807) is 0 Å². The molecule has 0 saturated carbocycles. The van der Waals surface area contributed by atoms with E-state index in [0.717, 1.165) is 38.0 Å². The van der Waals surface area contributed by atoms with Gasteiger partial charge in [0.05, 0.1) is 31.8 Å². The Balaban J connectivity index is 4.10. The van der Waals surface area contributed by atoms with Gasteiger partial charge >= 0.3 is 5.97 Å². The maximum Gasteiger partial charge on any atom is 0.308 e.